The van der Waals surface area contributed by atoms with Crippen molar-refractivity contribution in [2.75, 3.05) is 0 Å². The standard InChI is InChI=1S/C21H21N3O/c1-13(17-8-4-6-14-5-2-3-7-18(14)17)24-12-16-10-9-15(20(22)23)11-19(16)21(24)25/h2-11,13,20H,12,22-23H2,1H3. The molecule has 0 bridgehead atoms. The molecule has 0 fully saturated rings. The van der Waals surface area contributed by atoms with Gasteiger partial charge in [0.05, 0.1) is 12.2 Å². The molecule has 4 rings (SSSR count). The number of hydrogen-bond acceptors (Lipinski definition) is 3. The van der Waals surface area contributed by atoms with E-state index in [-0.39, 0.29) is 11.9 Å². The molecule has 1 aliphatic rings. The van der Waals surface area contributed by atoms with Crippen LogP contribution in [0.1, 0.15) is 46.2 Å². The topological polar surface area (TPSA) is 72.3 Å². The minimum atomic E-state index is -0.567. The third-order valence-electron chi connectivity index (χ3n) is 5.09. The van der Waals surface area contributed by atoms with Gasteiger partial charge in [0.15, 0.2) is 0 Å². The summed E-state index contributed by atoms with van der Waals surface area (Å²) in [6.45, 7) is 2.69. The lowest BCUT2D eigenvalue weighted by Crippen LogP contribution is -2.27. The van der Waals surface area contributed by atoms with E-state index in [1.165, 1.54) is 10.8 Å². The predicted molar refractivity (Wildman–Crippen MR) is 99.8 cm³/mol. The molecular weight excluding hydrogens is 310 g/mol. The summed E-state index contributed by atoms with van der Waals surface area (Å²) in [4.78, 5) is 14.9. The lowest BCUT2D eigenvalue weighted by molar-refractivity contribution is 0.0717. The summed E-state index contributed by atoms with van der Waals surface area (Å²) in [6, 6.07) is 20.2. The Morgan fingerprint density at radius 1 is 1.00 bits per heavy atom. The van der Waals surface area contributed by atoms with Crippen LogP contribution in [0, 0.1) is 0 Å². The number of rotatable bonds is 3. The summed E-state index contributed by atoms with van der Waals surface area (Å²) in [5, 5.41) is 2.37. The number of carbonyl (C=O) groups is 1. The highest BCUT2D eigenvalue weighted by Crippen LogP contribution is 2.34. The zero-order chi connectivity index (χ0) is 17.6. The molecular formula is C21H21N3O. The molecule has 1 aliphatic heterocycles. The smallest absolute Gasteiger partial charge is 0.255 e. The first-order chi connectivity index (χ1) is 12.1. The second-order valence-corrected chi connectivity index (χ2v) is 6.62. The van der Waals surface area contributed by atoms with Crippen molar-refractivity contribution in [3.8, 4) is 0 Å². The molecule has 0 spiro atoms. The summed E-state index contributed by atoms with van der Waals surface area (Å²) in [7, 11) is 0. The maximum absolute atomic E-state index is 13.0. The van der Waals surface area contributed by atoms with E-state index in [9.17, 15) is 4.79 Å². The van der Waals surface area contributed by atoms with Crippen LogP contribution in [0.5, 0.6) is 0 Å². The molecule has 0 aromatic heterocycles. The van der Waals surface area contributed by atoms with Gasteiger partial charge < -0.3 is 16.4 Å². The van der Waals surface area contributed by atoms with Gasteiger partial charge in [-0.1, -0.05) is 54.6 Å². The molecule has 4 N–H and O–H groups in total. The van der Waals surface area contributed by atoms with Gasteiger partial charge in [-0.25, -0.2) is 0 Å². The minimum Gasteiger partial charge on any atom is -0.328 e. The fourth-order valence-electron chi connectivity index (χ4n) is 3.64. The van der Waals surface area contributed by atoms with Gasteiger partial charge in [-0.2, -0.15) is 0 Å². The summed E-state index contributed by atoms with van der Waals surface area (Å²) in [5.41, 5.74) is 15.2. The van der Waals surface area contributed by atoms with E-state index in [0.717, 1.165) is 16.7 Å². The van der Waals surface area contributed by atoms with Gasteiger partial charge in [-0.15, -0.1) is 0 Å². The van der Waals surface area contributed by atoms with Gasteiger partial charge in [-0.05, 0) is 40.5 Å². The molecule has 3 aromatic rings. The van der Waals surface area contributed by atoms with Crippen LogP contribution < -0.4 is 11.5 Å². The monoisotopic (exact) mass is 331 g/mol. The molecule has 25 heavy (non-hydrogen) atoms. The zero-order valence-corrected chi connectivity index (χ0v) is 14.1. The lowest BCUT2D eigenvalue weighted by atomic mass is 9.99. The predicted octanol–water partition coefficient (Wildman–Crippen LogP) is 3.47. The molecule has 3 aromatic carbocycles. The van der Waals surface area contributed by atoms with E-state index in [4.69, 9.17) is 11.5 Å². The third-order valence-corrected chi connectivity index (χ3v) is 5.09. The van der Waals surface area contributed by atoms with Gasteiger partial charge in [0.25, 0.3) is 5.91 Å². The summed E-state index contributed by atoms with van der Waals surface area (Å²) >= 11 is 0. The van der Waals surface area contributed by atoms with Crippen molar-refractivity contribution in [2.45, 2.75) is 25.7 Å². The highest BCUT2D eigenvalue weighted by atomic mass is 16.2. The Kier molecular flexibility index (Phi) is 3.79. The minimum absolute atomic E-state index is 0.0130. The van der Waals surface area contributed by atoms with Crippen LogP contribution >= 0.6 is 0 Å². The molecule has 0 aliphatic carbocycles. The highest BCUT2D eigenvalue weighted by Gasteiger charge is 2.32. The van der Waals surface area contributed by atoms with Gasteiger partial charge >= 0.3 is 0 Å². The van der Waals surface area contributed by atoms with Crippen molar-refractivity contribution in [3.05, 3.63) is 82.9 Å². The van der Waals surface area contributed by atoms with Crippen molar-refractivity contribution in [3.63, 3.8) is 0 Å². The van der Waals surface area contributed by atoms with Gasteiger partial charge in [0.2, 0.25) is 0 Å². The van der Waals surface area contributed by atoms with Crippen LogP contribution in [0.15, 0.2) is 60.7 Å². The number of nitrogens with zero attached hydrogens (tertiary/aromatic N) is 1. The number of fused-ring (bicyclic) bond motifs is 2. The van der Waals surface area contributed by atoms with Crippen molar-refractivity contribution in [1.82, 2.24) is 4.90 Å². The quantitative estimate of drug-likeness (QED) is 0.722. The van der Waals surface area contributed by atoms with Crippen molar-refractivity contribution >= 4 is 16.7 Å². The van der Waals surface area contributed by atoms with E-state index in [1.807, 2.05) is 41.3 Å². The third kappa shape index (κ3) is 2.60. The fourth-order valence-corrected chi connectivity index (χ4v) is 3.64. The molecule has 4 nitrogen and oxygen atoms in total. The Balaban J connectivity index is 1.72. The Morgan fingerprint density at radius 3 is 2.56 bits per heavy atom. The zero-order valence-electron chi connectivity index (χ0n) is 14.1. The largest absolute Gasteiger partial charge is 0.328 e. The average molecular weight is 331 g/mol. The summed E-state index contributed by atoms with van der Waals surface area (Å²) in [5.74, 6) is 0.0398. The van der Waals surface area contributed by atoms with Crippen molar-refractivity contribution in [2.24, 2.45) is 11.5 Å². The Morgan fingerprint density at radius 2 is 1.76 bits per heavy atom. The van der Waals surface area contributed by atoms with Crippen LogP contribution in [0.4, 0.5) is 0 Å². The van der Waals surface area contributed by atoms with Gasteiger partial charge in [-0.3, -0.25) is 4.79 Å². The second kappa shape index (κ2) is 5.99. The van der Waals surface area contributed by atoms with Crippen LogP contribution in [-0.2, 0) is 6.54 Å². The maximum atomic E-state index is 13.0. The number of hydrogen-bond donors (Lipinski definition) is 2. The summed E-state index contributed by atoms with van der Waals surface area (Å²) in [6.07, 6.45) is -0.567. The fraction of sp³-hybridized carbons (Fsp3) is 0.190. The lowest BCUT2D eigenvalue weighted by Gasteiger charge is -2.26. The Hall–Kier alpha value is -2.69. The number of amides is 1. The SMILES string of the molecule is CC(c1cccc2ccccc12)N1Cc2ccc(C(N)N)cc2C1=O. The molecule has 0 saturated carbocycles. The van der Waals surface area contributed by atoms with Crippen molar-refractivity contribution < 1.29 is 4.79 Å². The van der Waals surface area contributed by atoms with E-state index in [2.05, 4.69) is 31.2 Å². The molecule has 1 heterocycles. The summed E-state index contributed by atoms with van der Waals surface area (Å²) < 4.78 is 0. The Bertz CT molecular complexity index is 959. The van der Waals surface area contributed by atoms with E-state index in [1.54, 1.807) is 0 Å². The first-order valence-electron chi connectivity index (χ1n) is 8.49. The maximum Gasteiger partial charge on any atom is 0.255 e. The van der Waals surface area contributed by atoms with Crippen LogP contribution in [0.25, 0.3) is 10.8 Å². The molecule has 1 atom stereocenters. The van der Waals surface area contributed by atoms with Crippen LogP contribution in [0.3, 0.4) is 0 Å². The molecule has 126 valence electrons. The normalized spacial score (nSPS) is 15.0. The van der Waals surface area contributed by atoms with E-state index in [0.29, 0.717) is 12.1 Å². The number of benzene rings is 3. The number of carbonyl (C=O) groups excluding carboxylic acids is 1. The molecule has 1 unspecified atom stereocenters. The first-order valence-corrected chi connectivity index (χ1v) is 8.49. The highest BCUT2D eigenvalue weighted by molar-refractivity contribution is 5.99. The first kappa shape index (κ1) is 15.8. The Labute approximate surface area is 147 Å². The molecule has 1 amide bonds. The van der Waals surface area contributed by atoms with E-state index < -0.39 is 6.17 Å². The molecule has 0 saturated heterocycles. The van der Waals surface area contributed by atoms with Crippen LogP contribution in [0.2, 0.25) is 0 Å². The number of nitrogens with two attached hydrogens (primary N) is 2. The van der Waals surface area contributed by atoms with Gasteiger partial charge in [0.1, 0.15) is 0 Å². The molecule has 0 radical (unpaired) electrons. The molecule has 4 heteroatoms. The van der Waals surface area contributed by atoms with E-state index >= 15 is 0 Å². The van der Waals surface area contributed by atoms with Crippen LogP contribution in [-0.4, -0.2) is 10.8 Å². The second-order valence-electron chi connectivity index (χ2n) is 6.62. The average Bonchev–Trinajstić information content (AvgIpc) is 2.97. The van der Waals surface area contributed by atoms with Gasteiger partial charge in [0, 0.05) is 12.1 Å². The van der Waals surface area contributed by atoms with Crippen molar-refractivity contribution in [1.29, 1.82) is 0 Å².